The molecule has 58 valence electrons. The fourth-order valence-corrected chi connectivity index (χ4v) is 0.782. The number of amidine groups is 1. The van der Waals surface area contributed by atoms with Gasteiger partial charge >= 0.3 is 0 Å². The Kier molecular flexibility index (Phi) is 2.23. The SMILES string of the molecule is CC(=N)N(N)c1ccccc1. The second kappa shape index (κ2) is 3.16. The van der Waals surface area contributed by atoms with E-state index in [0.717, 1.165) is 5.69 Å². The number of hydrogen-bond donors (Lipinski definition) is 2. The highest BCUT2D eigenvalue weighted by Crippen LogP contribution is 2.08. The first-order valence-electron chi connectivity index (χ1n) is 3.37. The van der Waals surface area contributed by atoms with Crippen LogP contribution in [0.25, 0.3) is 0 Å². The molecule has 0 saturated carbocycles. The van der Waals surface area contributed by atoms with E-state index in [2.05, 4.69) is 0 Å². The van der Waals surface area contributed by atoms with Crippen molar-refractivity contribution in [2.45, 2.75) is 6.92 Å². The smallest absolute Gasteiger partial charge is 0.112 e. The van der Waals surface area contributed by atoms with Gasteiger partial charge in [0.1, 0.15) is 5.84 Å². The van der Waals surface area contributed by atoms with Crippen molar-refractivity contribution in [3.8, 4) is 0 Å². The van der Waals surface area contributed by atoms with Gasteiger partial charge in [0, 0.05) is 0 Å². The first kappa shape index (κ1) is 7.75. The Balaban J connectivity index is 2.85. The molecule has 3 nitrogen and oxygen atoms in total. The highest BCUT2D eigenvalue weighted by atomic mass is 15.4. The topological polar surface area (TPSA) is 53.1 Å². The minimum absolute atomic E-state index is 0.330. The van der Waals surface area contributed by atoms with Gasteiger partial charge in [-0.2, -0.15) is 0 Å². The lowest BCUT2D eigenvalue weighted by Crippen LogP contribution is -2.34. The van der Waals surface area contributed by atoms with E-state index in [9.17, 15) is 0 Å². The molecule has 1 aromatic carbocycles. The summed E-state index contributed by atoms with van der Waals surface area (Å²) in [7, 11) is 0. The van der Waals surface area contributed by atoms with Crippen molar-refractivity contribution in [3.05, 3.63) is 30.3 Å². The molecule has 3 N–H and O–H groups in total. The molecule has 3 heteroatoms. The van der Waals surface area contributed by atoms with Crippen LogP contribution < -0.4 is 10.9 Å². The van der Waals surface area contributed by atoms with Gasteiger partial charge in [-0.05, 0) is 19.1 Å². The van der Waals surface area contributed by atoms with Crippen LogP contribution in [0, 0.1) is 5.41 Å². The molecule has 1 rings (SSSR count). The molecule has 0 aliphatic rings. The van der Waals surface area contributed by atoms with Crippen molar-refractivity contribution in [1.82, 2.24) is 0 Å². The van der Waals surface area contributed by atoms with E-state index in [1.165, 1.54) is 5.01 Å². The number of nitrogens with one attached hydrogen (secondary N) is 1. The Morgan fingerprint density at radius 3 is 2.36 bits per heavy atom. The highest BCUT2D eigenvalue weighted by Gasteiger charge is 1.99. The molecule has 1 aromatic rings. The van der Waals surface area contributed by atoms with Gasteiger partial charge in [-0.3, -0.25) is 10.4 Å². The fourth-order valence-electron chi connectivity index (χ4n) is 0.782. The van der Waals surface area contributed by atoms with Crippen LogP contribution in [0.4, 0.5) is 5.69 Å². The second-order valence-corrected chi connectivity index (χ2v) is 2.29. The van der Waals surface area contributed by atoms with Gasteiger partial charge in [0.25, 0.3) is 0 Å². The average molecular weight is 149 g/mol. The lowest BCUT2D eigenvalue weighted by Gasteiger charge is -2.15. The van der Waals surface area contributed by atoms with Crippen LogP contribution in [0.3, 0.4) is 0 Å². The van der Waals surface area contributed by atoms with Crippen LogP contribution in [-0.4, -0.2) is 5.84 Å². The molecular formula is C8H11N3. The summed E-state index contributed by atoms with van der Waals surface area (Å²) >= 11 is 0. The first-order valence-corrected chi connectivity index (χ1v) is 3.37. The second-order valence-electron chi connectivity index (χ2n) is 2.29. The van der Waals surface area contributed by atoms with Gasteiger partial charge in [0.05, 0.1) is 5.69 Å². The van der Waals surface area contributed by atoms with Gasteiger partial charge in [0.15, 0.2) is 0 Å². The van der Waals surface area contributed by atoms with E-state index in [0.29, 0.717) is 5.84 Å². The van der Waals surface area contributed by atoms with E-state index in [1.54, 1.807) is 6.92 Å². The summed E-state index contributed by atoms with van der Waals surface area (Å²) in [5.74, 6) is 5.88. The van der Waals surface area contributed by atoms with Crippen molar-refractivity contribution in [3.63, 3.8) is 0 Å². The standard InChI is InChI=1S/C8H11N3/c1-7(9)11(10)8-5-3-2-4-6-8/h2-6,9H,10H2,1H3. The molecular weight excluding hydrogens is 138 g/mol. The van der Waals surface area contributed by atoms with Gasteiger partial charge in [-0.15, -0.1) is 0 Å². The third-order valence-corrected chi connectivity index (χ3v) is 1.40. The zero-order chi connectivity index (χ0) is 8.27. The Hall–Kier alpha value is -1.35. The van der Waals surface area contributed by atoms with Gasteiger partial charge in [0.2, 0.25) is 0 Å². The number of nitrogens with zero attached hydrogens (tertiary/aromatic N) is 1. The Morgan fingerprint density at radius 2 is 1.91 bits per heavy atom. The molecule has 0 atom stereocenters. The molecule has 0 aliphatic carbocycles. The predicted molar refractivity (Wildman–Crippen MR) is 46.5 cm³/mol. The maximum Gasteiger partial charge on any atom is 0.112 e. The predicted octanol–water partition coefficient (Wildman–Crippen LogP) is 1.36. The third kappa shape index (κ3) is 1.78. The largest absolute Gasteiger partial charge is 0.287 e. The summed E-state index contributed by atoms with van der Waals surface area (Å²) in [6.45, 7) is 1.65. The molecule has 0 fully saturated rings. The molecule has 0 spiro atoms. The summed E-state index contributed by atoms with van der Waals surface area (Å²) in [6, 6.07) is 9.41. The van der Waals surface area contributed by atoms with Crippen LogP contribution in [0.1, 0.15) is 6.92 Å². The Bertz CT molecular complexity index is 243. The Morgan fingerprint density at radius 1 is 1.36 bits per heavy atom. The van der Waals surface area contributed by atoms with Gasteiger partial charge in [-0.25, -0.2) is 5.84 Å². The molecule has 0 saturated heterocycles. The number of hydrazine groups is 1. The van der Waals surface area contributed by atoms with E-state index in [1.807, 2.05) is 30.3 Å². The molecule has 0 radical (unpaired) electrons. The molecule has 0 bridgehead atoms. The molecule has 0 amide bonds. The third-order valence-electron chi connectivity index (χ3n) is 1.40. The first-order chi connectivity index (χ1) is 5.22. The van der Waals surface area contributed by atoms with Crippen LogP contribution in [0.15, 0.2) is 30.3 Å². The van der Waals surface area contributed by atoms with Crippen molar-refractivity contribution in [1.29, 1.82) is 5.41 Å². The monoisotopic (exact) mass is 149 g/mol. The number of benzene rings is 1. The maximum atomic E-state index is 7.24. The molecule has 0 aromatic heterocycles. The number of para-hydroxylation sites is 1. The van der Waals surface area contributed by atoms with E-state index >= 15 is 0 Å². The Labute approximate surface area is 65.9 Å². The van der Waals surface area contributed by atoms with E-state index in [4.69, 9.17) is 11.3 Å². The molecule has 0 heterocycles. The summed E-state index contributed by atoms with van der Waals surface area (Å²) in [4.78, 5) is 0. The normalized spacial score (nSPS) is 9.27. The quantitative estimate of drug-likeness (QED) is 0.274. The minimum Gasteiger partial charge on any atom is -0.287 e. The average Bonchev–Trinajstić information content (AvgIpc) is 2.05. The van der Waals surface area contributed by atoms with E-state index in [-0.39, 0.29) is 0 Å². The van der Waals surface area contributed by atoms with Crippen molar-refractivity contribution in [2.75, 3.05) is 5.01 Å². The van der Waals surface area contributed by atoms with Crippen molar-refractivity contribution in [2.24, 2.45) is 5.84 Å². The summed E-state index contributed by atoms with van der Waals surface area (Å²) < 4.78 is 0. The molecule has 0 aliphatic heterocycles. The molecule has 11 heavy (non-hydrogen) atoms. The molecule has 0 unspecified atom stereocenters. The maximum absolute atomic E-state index is 7.24. The number of hydrogen-bond acceptors (Lipinski definition) is 2. The lowest BCUT2D eigenvalue weighted by molar-refractivity contribution is 1.10. The number of anilines is 1. The van der Waals surface area contributed by atoms with Crippen LogP contribution in [0.2, 0.25) is 0 Å². The van der Waals surface area contributed by atoms with Crippen LogP contribution >= 0.6 is 0 Å². The zero-order valence-electron chi connectivity index (χ0n) is 6.41. The minimum atomic E-state index is 0.330. The summed E-state index contributed by atoms with van der Waals surface area (Å²) in [6.07, 6.45) is 0. The highest BCUT2D eigenvalue weighted by molar-refractivity contribution is 5.92. The van der Waals surface area contributed by atoms with Gasteiger partial charge in [-0.1, -0.05) is 18.2 Å². The van der Waals surface area contributed by atoms with E-state index < -0.39 is 0 Å². The fraction of sp³-hybridized carbons (Fsp3) is 0.125. The summed E-state index contributed by atoms with van der Waals surface area (Å²) in [5, 5.41) is 8.57. The zero-order valence-corrected chi connectivity index (χ0v) is 6.41. The number of nitrogens with two attached hydrogens (primary N) is 1. The van der Waals surface area contributed by atoms with Crippen LogP contribution in [0.5, 0.6) is 0 Å². The van der Waals surface area contributed by atoms with Crippen molar-refractivity contribution < 1.29 is 0 Å². The van der Waals surface area contributed by atoms with Crippen molar-refractivity contribution >= 4 is 11.5 Å². The lowest BCUT2D eigenvalue weighted by atomic mass is 10.3. The summed E-state index contributed by atoms with van der Waals surface area (Å²) in [5.41, 5.74) is 0.833. The van der Waals surface area contributed by atoms with Gasteiger partial charge < -0.3 is 0 Å². The number of rotatable bonds is 1. The van der Waals surface area contributed by atoms with Crippen LogP contribution in [-0.2, 0) is 0 Å².